The van der Waals surface area contributed by atoms with Crippen LogP contribution in [0, 0.1) is 0 Å². The second-order valence-corrected chi connectivity index (χ2v) is 6.22. The highest BCUT2D eigenvalue weighted by Gasteiger charge is 2.17. The molecule has 0 unspecified atom stereocenters. The van der Waals surface area contributed by atoms with Crippen molar-refractivity contribution in [3.8, 4) is 11.5 Å². The lowest BCUT2D eigenvalue weighted by molar-refractivity contribution is 0.171. The maximum atomic E-state index is 12.4. The monoisotopic (exact) mass is 334 g/mol. The van der Waals surface area contributed by atoms with Gasteiger partial charge >= 0.3 is 0 Å². The van der Waals surface area contributed by atoms with Gasteiger partial charge in [-0.2, -0.15) is 0 Å². The first-order valence-corrected chi connectivity index (χ1v) is 7.99. The third-order valence-corrected chi connectivity index (χ3v) is 4.56. The van der Waals surface area contributed by atoms with Crippen LogP contribution in [0.2, 0.25) is 5.02 Å². The lowest BCUT2D eigenvalue weighted by Crippen LogP contribution is -2.21. The van der Waals surface area contributed by atoms with E-state index in [0.717, 1.165) is 10.4 Å². The van der Waals surface area contributed by atoms with E-state index >= 15 is 0 Å². The average molecular weight is 335 g/mol. The molecule has 0 saturated heterocycles. The van der Waals surface area contributed by atoms with Gasteiger partial charge in [0.25, 0.3) is 5.56 Å². The number of aromatic nitrogens is 2. The molecule has 7 heteroatoms. The quantitative estimate of drug-likeness (QED) is 0.723. The van der Waals surface area contributed by atoms with Crippen molar-refractivity contribution in [1.82, 2.24) is 9.55 Å². The van der Waals surface area contributed by atoms with Gasteiger partial charge in [-0.3, -0.25) is 9.36 Å². The summed E-state index contributed by atoms with van der Waals surface area (Å²) in [5.41, 5.74) is 0.810. The van der Waals surface area contributed by atoms with Crippen LogP contribution in [0.1, 0.15) is 5.56 Å². The first-order valence-electron chi connectivity index (χ1n) is 6.73. The summed E-state index contributed by atoms with van der Waals surface area (Å²) in [4.78, 5) is 17.5. The molecule has 0 spiro atoms. The summed E-state index contributed by atoms with van der Waals surface area (Å²) in [6.45, 7) is 1.37. The maximum Gasteiger partial charge on any atom is 0.262 e. The molecule has 2 aromatic heterocycles. The van der Waals surface area contributed by atoms with Gasteiger partial charge < -0.3 is 9.47 Å². The second kappa shape index (κ2) is 5.30. The number of rotatable bonds is 2. The summed E-state index contributed by atoms with van der Waals surface area (Å²) in [6.07, 6.45) is 1.56. The molecular formula is C15H11ClN2O3S. The van der Waals surface area contributed by atoms with E-state index in [1.165, 1.54) is 11.3 Å². The fraction of sp³-hybridized carbons (Fsp3) is 0.200. The molecule has 4 rings (SSSR count). The van der Waals surface area contributed by atoms with Crippen molar-refractivity contribution in [3.63, 3.8) is 0 Å². The lowest BCUT2D eigenvalue weighted by atomic mass is 10.2. The fourth-order valence-corrected chi connectivity index (χ4v) is 3.47. The highest BCUT2D eigenvalue weighted by molar-refractivity contribution is 7.16. The Balaban J connectivity index is 1.74. The molecule has 0 saturated carbocycles. The molecule has 3 heterocycles. The Morgan fingerprint density at radius 1 is 1.32 bits per heavy atom. The van der Waals surface area contributed by atoms with Gasteiger partial charge in [-0.1, -0.05) is 11.6 Å². The minimum absolute atomic E-state index is 0.0581. The van der Waals surface area contributed by atoms with Crippen molar-refractivity contribution >= 4 is 33.2 Å². The molecule has 0 amide bonds. The zero-order chi connectivity index (χ0) is 15.1. The highest BCUT2D eigenvalue weighted by atomic mass is 35.5. The number of ether oxygens (including phenoxy) is 2. The van der Waals surface area contributed by atoms with Crippen LogP contribution in [0.4, 0.5) is 0 Å². The van der Waals surface area contributed by atoms with E-state index in [2.05, 4.69) is 4.98 Å². The summed E-state index contributed by atoms with van der Waals surface area (Å²) in [5, 5.41) is 2.99. The molecule has 0 atom stereocenters. The maximum absolute atomic E-state index is 12.4. The van der Waals surface area contributed by atoms with E-state index in [0.29, 0.717) is 41.7 Å². The van der Waals surface area contributed by atoms with Crippen LogP contribution in [0.5, 0.6) is 11.5 Å². The molecule has 3 aromatic rings. The van der Waals surface area contributed by atoms with Crippen molar-refractivity contribution in [1.29, 1.82) is 0 Å². The van der Waals surface area contributed by atoms with Crippen molar-refractivity contribution in [3.05, 3.63) is 50.8 Å². The van der Waals surface area contributed by atoms with Crippen molar-refractivity contribution in [2.75, 3.05) is 13.2 Å². The molecule has 0 fully saturated rings. The molecule has 22 heavy (non-hydrogen) atoms. The van der Waals surface area contributed by atoms with Gasteiger partial charge in [0.1, 0.15) is 18.0 Å². The standard InChI is InChI=1S/C15H11ClN2O3S/c16-11-5-9(6-12-13(11)21-3-2-20-12)7-18-8-17-14-10(15(18)19)1-4-22-14/h1,4-6,8H,2-3,7H2. The molecule has 0 radical (unpaired) electrons. The van der Waals surface area contributed by atoms with Gasteiger partial charge in [-0.05, 0) is 29.1 Å². The summed E-state index contributed by atoms with van der Waals surface area (Å²) in [5.74, 6) is 1.18. The summed E-state index contributed by atoms with van der Waals surface area (Å²) in [7, 11) is 0. The first kappa shape index (κ1) is 13.6. The van der Waals surface area contributed by atoms with Gasteiger partial charge in [0.15, 0.2) is 11.5 Å². The van der Waals surface area contributed by atoms with E-state index < -0.39 is 0 Å². The minimum atomic E-state index is -0.0581. The predicted octanol–water partition coefficient (Wildman–Crippen LogP) is 2.93. The fourth-order valence-electron chi connectivity index (χ4n) is 2.46. The lowest BCUT2D eigenvalue weighted by Gasteiger charge is -2.20. The summed E-state index contributed by atoms with van der Waals surface area (Å²) in [6, 6.07) is 5.44. The first-order chi connectivity index (χ1) is 10.7. The molecule has 0 N–H and O–H groups in total. The molecule has 5 nitrogen and oxygen atoms in total. The number of hydrogen-bond donors (Lipinski definition) is 0. The van der Waals surface area contributed by atoms with Gasteiger partial charge in [-0.25, -0.2) is 4.98 Å². The number of nitrogens with zero attached hydrogens (tertiary/aromatic N) is 2. The molecule has 1 aliphatic heterocycles. The third kappa shape index (κ3) is 2.24. The summed E-state index contributed by atoms with van der Waals surface area (Å²) >= 11 is 7.68. The largest absolute Gasteiger partial charge is 0.486 e. The average Bonchev–Trinajstić information content (AvgIpc) is 3.00. The Morgan fingerprint density at radius 3 is 3.09 bits per heavy atom. The van der Waals surface area contributed by atoms with Crippen molar-refractivity contribution < 1.29 is 9.47 Å². The van der Waals surface area contributed by atoms with Crippen LogP contribution < -0.4 is 15.0 Å². The zero-order valence-electron chi connectivity index (χ0n) is 11.4. The van der Waals surface area contributed by atoms with Crippen LogP contribution in [0.25, 0.3) is 10.2 Å². The molecule has 0 bridgehead atoms. The normalized spacial score (nSPS) is 13.5. The Hall–Kier alpha value is -2.05. The third-order valence-electron chi connectivity index (χ3n) is 3.46. The van der Waals surface area contributed by atoms with E-state index in [4.69, 9.17) is 21.1 Å². The predicted molar refractivity (Wildman–Crippen MR) is 85.4 cm³/mol. The number of fused-ring (bicyclic) bond motifs is 2. The molecule has 112 valence electrons. The Bertz CT molecular complexity index is 919. The van der Waals surface area contributed by atoms with Gasteiger partial charge in [0.2, 0.25) is 0 Å². The molecule has 1 aliphatic rings. The molecular weight excluding hydrogens is 324 g/mol. The topological polar surface area (TPSA) is 53.4 Å². The Labute approximate surface area is 134 Å². The number of hydrogen-bond acceptors (Lipinski definition) is 5. The number of thiophene rings is 1. The minimum Gasteiger partial charge on any atom is -0.486 e. The van der Waals surface area contributed by atoms with Crippen LogP contribution in [-0.2, 0) is 6.54 Å². The van der Waals surface area contributed by atoms with Crippen LogP contribution in [0.3, 0.4) is 0 Å². The number of benzene rings is 1. The van der Waals surface area contributed by atoms with Gasteiger partial charge in [0, 0.05) is 0 Å². The van der Waals surface area contributed by atoms with E-state index in [9.17, 15) is 4.79 Å². The molecule has 1 aromatic carbocycles. The second-order valence-electron chi connectivity index (χ2n) is 4.92. The van der Waals surface area contributed by atoms with Gasteiger partial charge in [-0.15, -0.1) is 11.3 Å². The summed E-state index contributed by atoms with van der Waals surface area (Å²) < 4.78 is 12.6. The van der Waals surface area contributed by atoms with Crippen LogP contribution >= 0.6 is 22.9 Å². The van der Waals surface area contributed by atoms with Crippen molar-refractivity contribution in [2.45, 2.75) is 6.54 Å². The Kier molecular flexibility index (Phi) is 3.28. The van der Waals surface area contributed by atoms with Crippen LogP contribution in [-0.4, -0.2) is 22.8 Å². The molecule has 0 aliphatic carbocycles. The smallest absolute Gasteiger partial charge is 0.262 e. The van der Waals surface area contributed by atoms with Crippen LogP contribution in [0.15, 0.2) is 34.7 Å². The SMILES string of the molecule is O=c1c2ccsc2ncn1Cc1cc(Cl)c2c(c1)OCCO2. The number of halogens is 1. The highest BCUT2D eigenvalue weighted by Crippen LogP contribution is 2.38. The Morgan fingerprint density at radius 2 is 2.18 bits per heavy atom. The zero-order valence-corrected chi connectivity index (χ0v) is 13.0. The van der Waals surface area contributed by atoms with E-state index in [1.807, 2.05) is 11.4 Å². The van der Waals surface area contributed by atoms with Crippen molar-refractivity contribution in [2.24, 2.45) is 0 Å². The van der Waals surface area contributed by atoms with Gasteiger partial charge in [0.05, 0.1) is 23.3 Å². The van der Waals surface area contributed by atoms with E-state index in [-0.39, 0.29) is 5.56 Å². The van der Waals surface area contributed by atoms with E-state index in [1.54, 1.807) is 23.0 Å².